The summed E-state index contributed by atoms with van der Waals surface area (Å²) < 4.78 is 45.5. The molecule has 0 radical (unpaired) electrons. The van der Waals surface area contributed by atoms with Gasteiger partial charge in [-0.05, 0) is 49.6 Å². The summed E-state index contributed by atoms with van der Waals surface area (Å²) in [4.78, 5) is 43.0. The molecule has 5 rings (SSSR count). The zero-order chi connectivity index (χ0) is 27.1. The standard InChI is InChI=1S/C28H30F3N3O4/c1-18-4-2-6-21(14-18)26(37)34-23(24(35)32-16-19-5-3-7-22(15-19)28(29,30)31)17-38-27(34)10-12-33(13-11-27)25(36)20-8-9-20/h2-7,14-15,20,23H,8-13,16-17H2,1H3,(H,32,35)/t23-/m1/s1. The number of rotatable bonds is 5. The molecule has 0 aromatic heterocycles. The van der Waals surface area contributed by atoms with Crippen molar-refractivity contribution >= 4 is 17.7 Å². The van der Waals surface area contributed by atoms with Crippen molar-refractivity contribution in [2.24, 2.45) is 5.92 Å². The van der Waals surface area contributed by atoms with Crippen LogP contribution in [0.5, 0.6) is 0 Å². The number of alkyl halides is 3. The average molecular weight is 530 g/mol. The maximum atomic E-state index is 13.8. The lowest BCUT2D eigenvalue weighted by atomic mass is 9.96. The Bertz CT molecular complexity index is 1240. The minimum atomic E-state index is -4.49. The Morgan fingerprint density at radius 2 is 1.76 bits per heavy atom. The van der Waals surface area contributed by atoms with Crippen molar-refractivity contribution in [1.82, 2.24) is 15.1 Å². The van der Waals surface area contributed by atoms with Crippen LogP contribution < -0.4 is 5.32 Å². The Morgan fingerprint density at radius 3 is 2.42 bits per heavy atom. The summed E-state index contributed by atoms with van der Waals surface area (Å²) in [6.07, 6.45) is -1.93. The summed E-state index contributed by atoms with van der Waals surface area (Å²) in [7, 11) is 0. The Kier molecular flexibility index (Phi) is 6.94. The summed E-state index contributed by atoms with van der Waals surface area (Å²) in [5, 5.41) is 2.69. The molecule has 2 aliphatic heterocycles. The summed E-state index contributed by atoms with van der Waals surface area (Å²) in [5.41, 5.74) is -0.233. The van der Waals surface area contributed by atoms with Crippen LogP contribution in [0.25, 0.3) is 0 Å². The molecule has 3 amide bonds. The van der Waals surface area contributed by atoms with Crippen LogP contribution >= 0.6 is 0 Å². The van der Waals surface area contributed by atoms with Gasteiger partial charge in [0, 0.05) is 44.0 Å². The van der Waals surface area contributed by atoms with E-state index in [4.69, 9.17) is 4.74 Å². The van der Waals surface area contributed by atoms with E-state index in [1.165, 1.54) is 17.0 Å². The highest BCUT2D eigenvalue weighted by Crippen LogP contribution is 2.40. The molecule has 2 aromatic rings. The topological polar surface area (TPSA) is 79.0 Å². The number of likely N-dealkylation sites (tertiary alicyclic amines) is 1. The molecule has 2 aromatic carbocycles. The third-order valence-electron chi connectivity index (χ3n) is 7.55. The molecule has 7 nitrogen and oxygen atoms in total. The van der Waals surface area contributed by atoms with Crippen molar-refractivity contribution in [3.05, 3.63) is 70.8 Å². The monoisotopic (exact) mass is 529 g/mol. The minimum absolute atomic E-state index is 0.0391. The summed E-state index contributed by atoms with van der Waals surface area (Å²) >= 11 is 0. The van der Waals surface area contributed by atoms with Gasteiger partial charge in [0.1, 0.15) is 11.8 Å². The van der Waals surface area contributed by atoms with Gasteiger partial charge in [-0.1, -0.05) is 29.8 Å². The molecule has 2 heterocycles. The van der Waals surface area contributed by atoms with Crippen LogP contribution in [0.2, 0.25) is 0 Å². The second-order valence-electron chi connectivity index (χ2n) is 10.3. The molecule has 38 heavy (non-hydrogen) atoms. The smallest absolute Gasteiger partial charge is 0.353 e. The minimum Gasteiger partial charge on any atom is -0.353 e. The van der Waals surface area contributed by atoms with Gasteiger partial charge in [0.15, 0.2) is 0 Å². The van der Waals surface area contributed by atoms with Gasteiger partial charge in [0.05, 0.1) is 12.2 Å². The van der Waals surface area contributed by atoms with Crippen LogP contribution in [0.3, 0.4) is 0 Å². The number of halogens is 3. The van der Waals surface area contributed by atoms with Crippen molar-refractivity contribution < 1.29 is 32.3 Å². The van der Waals surface area contributed by atoms with Crippen LogP contribution in [0, 0.1) is 12.8 Å². The van der Waals surface area contributed by atoms with Gasteiger partial charge in [0.25, 0.3) is 5.91 Å². The largest absolute Gasteiger partial charge is 0.416 e. The number of aryl methyl sites for hydroxylation is 1. The van der Waals surface area contributed by atoms with Crippen LogP contribution in [0.1, 0.15) is 52.7 Å². The number of carbonyl (C=O) groups is 3. The van der Waals surface area contributed by atoms with E-state index in [0.29, 0.717) is 37.1 Å². The number of benzene rings is 2. The fourth-order valence-corrected chi connectivity index (χ4v) is 5.31. The molecule has 2 saturated heterocycles. The van der Waals surface area contributed by atoms with Crippen LogP contribution in [-0.2, 0) is 27.0 Å². The van der Waals surface area contributed by atoms with Gasteiger partial charge >= 0.3 is 6.18 Å². The summed E-state index contributed by atoms with van der Waals surface area (Å²) in [5.74, 6) is -0.637. The molecule has 202 valence electrons. The number of hydrogen-bond acceptors (Lipinski definition) is 4. The zero-order valence-corrected chi connectivity index (χ0v) is 21.1. The van der Waals surface area contributed by atoms with Crippen LogP contribution in [-0.4, -0.2) is 59.0 Å². The molecule has 1 spiro atoms. The molecule has 3 fully saturated rings. The van der Waals surface area contributed by atoms with Crippen molar-refractivity contribution in [1.29, 1.82) is 0 Å². The lowest BCUT2D eigenvalue weighted by Gasteiger charge is -2.44. The Morgan fingerprint density at radius 1 is 1.05 bits per heavy atom. The average Bonchev–Trinajstić information content (AvgIpc) is 3.69. The molecule has 1 N–H and O–H groups in total. The normalized spacial score (nSPS) is 21.0. The first-order valence-electron chi connectivity index (χ1n) is 12.8. The second kappa shape index (κ2) is 10.1. The van der Waals surface area contributed by atoms with Crippen LogP contribution in [0.15, 0.2) is 48.5 Å². The molecule has 1 saturated carbocycles. The van der Waals surface area contributed by atoms with E-state index in [-0.39, 0.29) is 30.9 Å². The third kappa shape index (κ3) is 5.27. The first-order chi connectivity index (χ1) is 18.1. The molecule has 10 heteroatoms. The molecule has 1 atom stereocenters. The molecular weight excluding hydrogens is 499 g/mol. The number of carbonyl (C=O) groups excluding carboxylic acids is 3. The van der Waals surface area contributed by atoms with Crippen LogP contribution in [0.4, 0.5) is 13.2 Å². The first-order valence-corrected chi connectivity index (χ1v) is 12.8. The summed E-state index contributed by atoms with van der Waals surface area (Å²) in [6.45, 7) is 2.55. The number of hydrogen-bond donors (Lipinski definition) is 1. The van der Waals surface area contributed by atoms with Crippen molar-refractivity contribution in [3.63, 3.8) is 0 Å². The predicted molar refractivity (Wildman–Crippen MR) is 132 cm³/mol. The highest BCUT2D eigenvalue weighted by molar-refractivity contribution is 5.98. The second-order valence-corrected chi connectivity index (χ2v) is 10.3. The Hall–Kier alpha value is -3.40. The highest BCUT2D eigenvalue weighted by atomic mass is 19.4. The number of nitrogens with one attached hydrogen (secondary N) is 1. The molecule has 1 aliphatic carbocycles. The van der Waals surface area contributed by atoms with E-state index in [1.54, 1.807) is 18.2 Å². The molecule has 0 unspecified atom stereocenters. The fourth-order valence-electron chi connectivity index (χ4n) is 5.31. The maximum absolute atomic E-state index is 13.8. The van der Waals surface area contributed by atoms with Gasteiger partial charge < -0.3 is 15.0 Å². The quantitative estimate of drug-likeness (QED) is 0.638. The third-order valence-corrected chi connectivity index (χ3v) is 7.55. The molecule has 0 bridgehead atoms. The lowest BCUT2D eigenvalue weighted by molar-refractivity contribution is -0.144. The van der Waals surface area contributed by atoms with Gasteiger partial charge in [0.2, 0.25) is 11.8 Å². The number of amides is 3. The zero-order valence-electron chi connectivity index (χ0n) is 21.1. The Labute approximate surface area is 218 Å². The van der Waals surface area contributed by atoms with E-state index in [1.807, 2.05) is 17.9 Å². The van der Waals surface area contributed by atoms with E-state index < -0.39 is 29.4 Å². The molecule has 3 aliphatic rings. The summed E-state index contributed by atoms with van der Waals surface area (Å²) in [6, 6.07) is 10.9. The molecular formula is C28H30F3N3O4. The van der Waals surface area contributed by atoms with E-state index in [9.17, 15) is 27.6 Å². The van der Waals surface area contributed by atoms with E-state index in [0.717, 1.165) is 30.5 Å². The maximum Gasteiger partial charge on any atom is 0.416 e. The fraction of sp³-hybridized carbons (Fsp3) is 0.464. The first kappa shape index (κ1) is 26.2. The van der Waals surface area contributed by atoms with Crippen molar-refractivity contribution in [2.45, 2.75) is 57.1 Å². The van der Waals surface area contributed by atoms with Gasteiger partial charge in [-0.2, -0.15) is 13.2 Å². The van der Waals surface area contributed by atoms with Crippen molar-refractivity contribution in [2.75, 3.05) is 19.7 Å². The van der Waals surface area contributed by atoms with E-state index >= 15 is 0 Å². The predicted octanol–water partition coefficient (Wildman–Crippen LogP) is 3.90. The SMILES string of the molecule is Cc1cccc(C(=O)N2[C@@H](C(=O)NCc3cccc(C(F)(F)F)c3)COC23CCN(C(=O)C2CC2)CC3)c1. The van der Waals surface area contributed by atoms with Gasteiger partial charge in [-0.25, -0.2) is 0 Å². The van der Waals surface area contributed by atoms with Gasteiger partial charge in [-0.15, -0.1) is 0 Å². The number of nitrogens with zero attached hydrogens (tertiary/aromatic N) is 2. The highest BCUT2D eigenvalue weighted by Gasteiger charge is 2.54. The van der Waals surface area contributed by atoms with Gasteiger partial charge in [-0.3, -0.25) is 19.3 Å². The van der Waals surface area contributed by atoms with E-state index in [2.05, 4.69) is 5.32 Å². The van der Waals surface area contributed by atoms with Crippen molar-refractivity contribution in [3.8, 4) is 0 Å². The number of ether oxygens (including phenoxy) is 1. The lowest BCUT2D eigenvalue weighted by Crippen LogP contribution is -2.59. The number of piperidine rings is 1. The Balaban J connectivity index is 1.35.